The van der Waals surface area contributed by atoms with Gasteiger partial charge in [0.05, 0.1) is 17.3 Å². The molecule has 0 bridgehead atoms. The van der Waals surface area contributed by atoms with Gasteiger partial charge in [-0.25, -0.2) is 0 Å². The van der Waals surface area contributed by atoms with Crippen molar-refractivity contribution in [1.29, 1.82) is 0 Å². The van der Waals surface area contributed by atoms with E-state index in [-0.39, 0.29) is 11.4 Å². The van der Waals surface area contributed by atoms with E-state index in [9.17, 15) is 4.79 Å². The lowest BCUT2D eigenvalue weighted by Gasteiger charge is -2.27. The summed E-state index contributed by atoms with van der Waals surface area (Å²) in [5.41, 5.74) is 2.95. The molecule has 0 aliphatic heterocycles. The molecular weight excluding hydrogens is 300 g/mol. The van der Waals surface area contributed by atoms with Crippen LogP contribution < -0.4 is 5.32 Å². The first-order chi connectivity index (χ1) is 10.4. The first-order valence-corrected chi connectivity index (χ1v) is 8.02. The summed E-state index contributed by atoms with van der Waals surface area (Å²) in [7, 11) is 3.78. The van der Waals surface area contributed by atoms with Gasteiger partial charge < -0.3 is 10.1 Å². The van der Waals surface area contributed by atoms with Gasteiger partial charge in [0.1, 0.15) is 0 Å². The molecule has 1 N–H and O–H groups in total. The van der Waals surface area contributed by atoms with Gasteiger partial charge >= 0.3 is 0 Å². The highest BCUT2D eigenvalue weighted by atomic mass is 35.5. The molecule has 0 heterocycles. The number of ether oxygens (including phenoxy) is 1. The predicted molar refractivity (Wildman–Crippen MR) is 90.6 cm³/mol. The van der Waals surface area contributed by atoms with Crippen LogP contribution >= 0.6 is 11.6 Å². The van der Waals surface area contributed by atoms with E-state index in [4.69, 9.17) is 16.3 Å². The van der Waals surface area contributed by atoms with Crippen molar-refractivity contribution in [2.45, 2.75) is 38.6 Å². The Morgan fingerprint density at radius 2 is 2.09 bits per heavy atom. The molecular formula is C17H25ClN2O2. The zero-order chi connectivity index (χ0) is 16.3. The van der Waals surface area contributed by atoms with Gasteiger partial charge in [-0.05, 0) is 50.9 Å². The number of anilines is 1. The minimum atomic E-state index is -0.00563. The number of halogens is 1. The third-order valence-electron chi connectivity index (χ3n) is 4.42. The number of hydrogen-bond donors (Lipinski definition) is 1. The molecule has 122 valence electrons. The number of nitrogens with one attached hydrogen (secondary N) is 1. The number of amides is 1. The van der Waals surface area contributed by atoms with Gasteiger partial charge in [-0.3, -0.25) is 9.69 Å². The zero-order valence-electron chi connectivity index (χ0n) is 13.8. The molecule has 0 unspecified atom stereocenters. The largest absolute Gasteiger partial charge is 0.383 e. The van der Waals surface area contributed by atoms with Gasteiger partial charge in [0.15, 0.2) is 0 Å². The van der Waals surface area contributed by atoms with Gasteiger partial charge in [-0.1, -0.05) is 17.7 Å². The van der Waals surface area contributed by atoms with Crippen LogP contribution in [0.2, 0.25) is 5.02 Å². The Morgan fingerprint density at radius 1 is 1.41 bits per heavy atom. The second-order valence-electron chi connectivity index (χ2n) is 6.32. The molecule has 1 aromatic carbocycles. The molecule has 1 saturated carbocycles. The molecule has 0 saturated heterocycles. The second kappa shape index (κ2) is 6.99. The monoisotopic (exact) mass is 324 g/mol. The topological polar surface area (TPSA) is 41.6 Å². The fourth-order valence-electron chi connectivity index (χ4n) is 2.83. The van der Waals surface area contributed by atoms with E-state index in [1.807, 2.05) is 26.0 Å². The number of rotatable bonds is 7. The summed E-state index contributed by atoms with van der Waals surface area (Å²) in [5.74, 6) is -0.00563. The first-order valence-electron chi connectivity index (χ1n) is 7.65. The smallest absolute Gasteiger partial charge is 0.225 e. The van der Waals surface area contributed by atoms with Gasteiger partial charge in [-0.2, -0.15) is 0 Å². The normalized spacial score (nSPS) is 15.9. The van der Waals surface area contributed by atoms with Crippen molar-refractivity contribution in [2.75, 3.05) is 32.6 Å². The molecule has 0 aromatic heterocycles. The second-order valence-corrected chi connectivity index (χ2v) is 6.72. The number of methoxy groups -OCH3 is 1. The third kappa shape index (κ3) is 4.00. The quantitative estimate of drug-likeness (QED) is 0.836. The van der Waals surface area contributed by atoms with Crippen LogP contribution in [0.4, 0.5) is 5.69 Å². The van der Waals surface area contributed by atoms with Crippen LogP contribution in [0, 0.1) is 13.8 Å². The maximum atomic E-state index is 12.2. The number of likely N-dealkylation sites (N-methyl/N-ethyl adjacent to an activating group) is 1. The fraction of sp³-hybridized carbons (Fsp3) is 0.588. The lowest BCUT2D eigenvalue weighted by Crippen LogP contribution is -2.39. The molecule has 0 atom stereocenters. The predicted octanol–water partition coefficient (Wildman–Crippen LogP) is 3.40. The van der Waals surface area contributed by atoms with Crippen LogP contribution in [0.15, 0.2) is 12.1 Å². The van der Waals surface area contributed by atoms with Gasteiger partial charge in [0.2, 0.25) is 5.91 Å². The highest BCUT2D eigenvalue weighted by Crippen LogP contribution is 2.41. The van der Waals surface area contributed by atoms with Crippen LogP contribution in [-0.4, -0.2) is 43.7 Å². The number of carbonyl (C=O) groups is 1. The summed E-state index contributed by atoms with van der Waals surface area (Å²) >= 11 is 6.22. The molecule has 4 nitrogen and oxygen atoms in total. The van der Waals surface area contributed by atoms with Crippen molar-refractivity contribution >= 4 is 23.2 Å². The molecule has 1 fully saturated rings. The van der Waals surface area contributed by atoms with Gasteiger partial charge in [0, 0.05) is 25.6 Å². The lowest BCUT2D eigenvalue weighted by molar-refractivity contribution is -0.116. The molecule has 0 radical (unpaired) electrons. The van der Waals surface area contributed by atoms with Crippen molar-refractivity contribution in [2.24, 2.45) is 0 Å². The number of carbonyl (C=O) groups excluding carboxylic acids is 1. The lowest BCUT2D eigenvalue weighted by atomic mass is 10.1. The summed E-state index contributed by atoms with van der Waals surface area (Å²) < 4.78 is 5.28. The van der Waals surface area contributed by atoms with Crippen LogP contribution in [0.5, 0.6) is 0 Å². The van der Waals surface area contributed by atoms with Crippen LogP contribution in [0.1, 0.15) is 30.4 Å². The highest BCUT2D eigenvalue weighted by molar-refractivity contribution is 6.34. The Bertz CT molecular complexity index is 533. The minimum absolute atomic E-state index is 0.00563. The number of nitrogens with zero attached hydrogens (tertiary/aromatic N) is 1. The van der Waals surface area contributed by atoms with E-state index in [2.05, 4.69) is 17.3 Å². The van der Waals surface area contributed by atoms with Crippen molar-refractivity contribution in [3.63, 3.8) is 0 Å². The van der Waals surface area contributed by atoms with Crippen molar-refractivity contribution in [1.82, 2.24) is 4.90 Å². The van der Waals surface area contributed by atoms with Crippen molar-refractivity contribution < 1.29 is 9.53 Å². The van der Waals surface area contributed by atoms with Crippen molar-refractivity contribution in [3.05, 3.63) is 28.3 Å². The Labute approximate surface area is 137 Å². The SMILES string of the molecule is COCC1(N(C)CCC(=O)Nc2c(C)cc(C)cc2Cl)CC1. The van der Waals surface area contributed by atoms with Crippen LogP contribution in [0.3, 0.4) is 0 Å². The molecule has 22 heavy (non-hydrogen) atoms. The minimum Gasteiger partial charge on any atom is -0.383 e. The van der Waals surface area contributed by atoms with Crippen molar-refractivity contribution in [3.8, 4) is 0 Å². The van der Waals surface area contributed by atoms with Crippen LogP contribution in [-0.2, 0) is 9.53 Å². The zero-order valence-corrected chi connectivity index (χ0v) is 14.6. The maximum absolute atomic E-state index is 12.2. The standard InChI is InChI=1S/C17H25ClN2O2/c1-12-9-13(2)16(14(18)10-12)19-15(21)5-8-20(3)17(6-7-17)11-22-4/h9-10H,5-8,11H2,1-4H3,(H,19,21). The van der Waals surface area contributed by atoms with E-state index in [0.29, 0.717) is 11.4 Å². The number of hydrogen-bond acceptors (Lipinski definition) is 3. The Balaban J connectivity index is 1.89. The van der Waals surface area contributed by atoms with E-state index in [1.54, 1.807) is 7.11 Å². The number of benzene rings is 1. The average Bonchev–Trinajstić information content (AvgIpc) is 3.21. The van der Waals surface area contributed by atoms with Gasteiger partial charge in [0.25, 0.3) is 0 Å². The molecule has 1 aliphatic carbocycles. The summed E-state index contributed by atoms with van der Waals surface area (Å²) in [6.45, 7) is 5.40. The van der Waals surface area contributed by atoms with Gasteiger partial charge in [-0.15, -0.1) is 0 Å². The summed E-state index contributed by atoms with van der Waals surface area (Å²) in [6, 6.07) is 3.89. The summed E-state index contributed by atoms with van der Waals surface area (Å²) in [6.07, 6.45) is 2.73. The molecule has 2 rings (SSSR count). The Kier molecular flexibility index (Phi) is 5.48. The maximum Gasteiger partial charge on any atom is 0.225 e. The molecule has 1 aromatic rings. The molecule has 0 spiro atoms. The average molecular weight is 325 g/mol. The summed E-state index contributed by atoms with van der Waals surface area (Å²) in [5, 5.41) is 3.53. The van der Waals surface area contributed by atoms with E-state index in [0.717, 1.165) is 42.8 Å². The fourth-order valence-corrected chi connectivity index (χ4v) is 3.20. The first kappa shape index (κ1) is 17.3. The van der Waals surface area contributed by atoms with Crippen LogP contribution in [0.25, 0.3) is 0 Å². The molecule has 5 heteroatoms. The molecule has 1 aliphatic rings. The van der Waals surface area contributed by atoms with E-state index < -0.39 is 0 Å². The Morgan fingerprint density at radius 3 is 2.64 bits per heavy atom. The number of aryl methyl sites for hydroxylation is 2. The molecule has 1 amide bonds. The van der Waals surface area contributed by atoms with E-state index >= 15 is 0 Å². The Hall–Kier alpha value is -1.10. The summed E-state index contributed by atoms with van der Waals surface area (Å²) in [4.78, 5) is 14.4. The van der Waals surface area contributed by atoms with E-state index in [1.165, 1.54) is 0 Å². The third-order valence-corrected chi connectivity index (χ3v) is 4.72. The highest BCUT2D eigenvalue weighted by Gasteiger charge is 2.46.